The van der Waals surface area contributed by atoms with Gasteiger partial charge in [-0.25, -0.2) is 0 Å². The van der Waals surface area contributed by atoms with Crippen LogP contribution in [0.1, 0.15) is 25.5 Å². The van der Waals surface area contributed by atoms with Gasteiger partial charge in [-0.15, -0.1) is 0 Å². The van der Waals surface area contributed by atoms with Crippen LogP contribution in [0.25, 0.3) is 0 Å². The van der Waals surface area contributed by atoms with Gasteiger partial charge in [0.1, 0.15) is 5.75 Å². The summed E-state index contributed by atoms with van der Waals surface area (Å²) >= 11 is 0. The molecule has 2 aromatic carbocycles. The number of benzene rings is 2. The number of anilines is 1. The van der Waals surface area contributed by atoms with Crippen LogP contribution in [0.15, 0.2) is 54.6 Å². The van der Waals surface area contributed by atoms with E-state index in [9.17, 15) is 4.79 Å². The third-order valence-corrected chi connectivity index (χ3v) is 3.96. The Balaban J connectivity index is 1.92. The Labute approximate surface area is 136 Å². The zero-order valence-electron chi connectivity index (χ0n) is 13.6. The van der Waals surface area contributed by atoms with Gasteiger partial charge in [0.05, 0.1) is 19.3 Å². The highest BCUT2D eigenvalue weighted by Gasteiger charge is 2.50. The van der Waals surface area contributed by atoms with Crippen molar-refractivity contribution in [2.75, 3.05) is 12.0 Å². The molecule has 0 spiro atoms. The number of β-lactam (4-membered cyclic amide) rings is 1. The molecule has 0 bridgehead atoms. The molecule has 4 heteroatoms. The fourth-order valence-electron chi connectivity index (χ4n) is 2.89. The summed E-state index contributed by atoms with van der Waals surface area (Å²) in [6.45, 7) is 3.90. The first-order valence-corrected chi connectivity index (χ1v) is 7.79. The first-order chi connectivity index (χ1) is 11.1. The predicted octanol–water partition coefficient (Wildman–Crippen LogP) is 3.58. The molecule has 2 atom stereocenters. The van der Waals surface area contributed by atoms with Crippen LogP contribution in [0, 0.1) is 0 Å². The number of hydrogen-bond acceptors (Lipinski definition) is 3. The van der Waals surface area contributed by atoms with Crippen molar-refractivity contribution in [2.24, 2.45) is 0 Å². The molecule has 0 saturated carbocycles. The first kappa shape index (κ1) is 15.6. The Morgan fingerprint density at radius 1 is 1.00 bits per heavy atom. The number of carbonyl (C=O) groups is 1. The molecule has 0 aliphatic carbocycles. The van der Waals surface area contributed by atoms with E-state index in [1.54, 1.807) is 12.0 Å². The molecule has 1 aliphatic rings. The van der Waals surface area contributed by atoms with Crippen LogP contribution >= 0.6 is 0 Å². The van der Waals surface area contributed by atoms with Crippen LogP contribution in [-0.2, 0) is 9.53 Å². The van der Waals surface area contributed by atoms with Gasteiger partial charge in [-0.2, -0.15) is 0 Å². The molecule has 3 rings (SSSR count). The fourth-order valence-corrected chi connectivity index (χ4v) is 2.89. The molecule has 0 unspecified atom stereocenters. The normalized spacial score (nSPS) is 20.5. The molecule has 0 aromatic heterocycles. The average Bonchev–Trinajstić information content (AvgIpc) is 2.58. The van der Waals surface area contributed by atoms with Gasteiger partial charge in [0.15, 0.2) is 6.10 Å². The molecule has 1 saturated heterocycles. The summed E-state index contributed by atoms with van der Waals surface area (Å²) in [5.74, 6) is 0.769. The minimum Gasteiger partial charge on any atom is -0.497 e. The summed E-state index contributed by atoms with van der Waals surface area (Å²) in [5.41, 5.74) is 1.93. The van der Waals surface area contributed by atoms with E-state index in [4.69, 9.17) is 9.47 Å². The summed E-state index contributed by atoms with van der Waals surface area (Å²) < 4.78 is 11.0. The van der Waals surface area contributed by atoms with Crippen molar-refractivity contribution in [1.29, 1.82) is 0 Å². The second-order valence-electron chi connectivity index (χ2n) is 5.87. The second-order valence-corrected chi connectivity index (χ2v) is 5.87. The molecule has 2 aromatic rings. The van der Waals surface area contributed by atoms with Crippen molar-refractivity contribution < 1.29 is 14.3 Å². The number of rotatable bonds is 5. The molecular weight excluding hydrogens is 290 g/mol. The Morgan fingerprint density at radius 3 is 2.22 bits per heavy atom. The van der Waals surface area contributed by atoms with Gasteiger partial charge in [-0.1, -0.05) is 30.3 Å². The Bertz CT molecular complexity index is 667. The fraction of sp³-hybridized carbons (Fsp3) is 0.316. The molecule has 1 aliphatic heterocycles. The van der Waals surface area contributed by atoms with E-state index >= 15 is 0 Å². The van der Waals surface area contributed by atoms with Crippen molar-refractivity contribution in [3.63, 3.8) is 0 Å². The number of nitrogens with zero attached hydrogens (tertiary/aromatic N) is 1. The SMILES string of the molecule is COc1ccc(N2C(=O)[C@@H](OC(C)C)[C@H]2c2ccccc2)cc1. The van der Waals surface area contributed by atoms with Crippen molar-refractivity contribution >= 4 is 11.6 Å². The number of hydrogen-bond donors (Lipinski definition) is 0. The van der Waals surface area contributed by atoms with Crippen LogP contribution in [0.4, 0.5) is 5.69 Å². The monoisotopic (exact) mass is 311 g/mol. The Morgan fingerprint density at radius 2 is 1.65 bits per heavy atom. The maximum absolute atomic E-state index is 12.6. The summed E-state index contributed by atoms with van der Waals surface area (Å²) in [6, 6.07) is 17.4. The number of amides is 1. The largest absolute Gasteiger partial charge is 0.497 e. The summed E-state index contributed by atoms with van der Waals surface area (Å²) in [7, 11) is 1.63. The lowest BCUT2D eigenvalue weighted by Crippen LogP contribution is -2.60. The number of carbonyl (C=O) groups excluding carboxylic acids is 1. The van der Waals surface area contributed by atoms with E-state index in [-0.39, 0.29) is 18.1 Å². The van der Waals surface area contributed by atoms with Gasteiger partial charge in [0.2, 0.25) is 0 Å². The van der Waals surface area contributed by atoms with Gasteiger partial charge in [0.25, 0.3) is 5.91 Å². The zero-order chi connectivity index (χ0) is 16.4. The maximum atomic E-state index is 12.6. The molecule has 1 amide bonds. The van der Waals surface area contributed by atoms with Gasteiger partial charge in [-0.05, 0) is 43.7 Å². The van der Waals surface area contributed by atoms with E-state index in [1.807, 2.05) is 68.4 Å². The summed E-state index contributed by atoms with van der Waals surface area (Å²) in [5, 5.41) is 0. The van der Waals surface area contributed by atoms with Gasteiger partial charge < -0.3 is 9.47 Å². The molecule has 120 valence electrons. The molecule has 0 N–H and O–H groups in total. The van der Waals surface area contributed by atoms with Crippen LogP contribution in [-0.4, -0.2) is 25.2 Å². The van der Waals surface area contributed by atoms with Gasteiger partial charge in [-0.3, -0.25) is 9.69 Å². The van der Waals surface area contributed by atoms with Crippen molar-refractivity contribution in [3.05, 3.63) is 60.2 Å². The lowest BCUT2D eigenvalue weighted by molar-refractivity contribution is -0.146. The van der Waals surface area contributed by atoms with Gasteiger partial charge >= 0.3 is 0 Å². The predicted molar refractivity (Wildman–Crippen MR) is 89.7 cm³/mol. The van der Waals surface area contributed by atoms with Crippen LogP contribution < -0.4 is 9.64 Å². The molecule has 1 fully saturated rings. The van der Waals surface area contributed by atoms with E-state index in [2.05, 4.69) is 0 Å². The van der Waals surface area contributed by atoms with E-state index in [0.29, 0.717) is 0 Å². The number of methoxy groups -OCH3 is 1. The third-order valence-electron chi connectivity index (χ3n) is 3.96. The lowest BCUT2D eigenvalue weighted by Gasteiger charge is -2.47. The minimum atomic E-state index is -0.431. The smallest absolute Gasteiger partial charge is 0.259 e. The maximum Gasteiger partial charge on any atom is 0.259 e. The molecule has 0 radical (unpaired) electrons. The Kier molecular flexibility index (Phi) is 4.35. The highest BCUT2D eigenvalue weighted by atomic mass is 16.5. The highest BCUT2D eigenvalue weighted by Crippen LogP contribution is 2.41. The molecule has 4 nitrogen and oxygen atoms in total. The average molecular weight is 311 g/mol. The molecule has 23 heavy (non-hydrogen) atoms. The van der Waals surface area contributed by atoms with E-state index in [1.165, 1.54) is 0 Å². The number of ether oxygens (including phenoxy) is 2. The van der Waals surface area contributed by atoms with Crippen molar-refractivity contribution in [2.45, 2.75) is 32.1 Å². The topological polar surface area (TPSA) is 38.8 Å². The summed E-state index contributed by atoms with van der Waals surface area (Å²) in [4.78, 5) is 14.4. The Hall–Kier alpha value is -2.33. The second kappa shape index (κ2) is 6.42. The molecule has 1 heterocycles. The zero-order valence-corrected chi connectivity index (χ0v) is 13.6. The van der Waals surface area contributed by atoms with Crippen LogP contribution in [0.5, 0.6) is 5.75 Å². The summed E-state index contributed by atoms with van der Waals surface area (Å²) in [6.07, 6.45) is -0.423. The third kappa shape index (κ3) is 2.94. The highest BCUT2D eigenvalue weighted by molar-refractivity contribution is 6.05. The van der Waals surface area contributed by atoms with Gasteiger partial charge in [0, 0.05) is 5.69 Å². The van der Waals surface area contributed by atoms with E-state index in [0.717, 1.165) is 17.0 Å². The lowest BCUT2D eigenvalue weighted by atomic mass is 9.89. The van der Waals surface area contributed by atoms with Crippen LogP contribution in [0.3, 0.4) is 0 Å². The van der Waals surface area contributed by atoms with Crippen LogP contribution in [0.2, 0.25) is 0 Å². The quantitative estimate of drug-likeness (QED) is 0.792. The first-order valence-electron chi connectivity index (χ1n) is 7.79. The van der Waals surface area contributed by atoms with E-state index < -0.39 is 6.10 Å². The van der Waals surface area contributed by atoms with Crippen molar-refractivity contribution in [1.82, 2.24) is 0 Å². The standard InChI is InChI=1S/C19H21NO3/c1-13(2)23-18-17(14-7-5-4-6-8-14)20(19(18)21)15-9-11-16(22-3)12-10-15/h4-13,17-18H,1-3H3/t17-,18+/m1/s1. The minimum absolute atomic E-state index is 0.00211. The van der Waals surface area contributed by atoms with Crippen molar-refractivity contribution in [3.8, 4) is 5.75 Å². The molecular formula is C19H21NO3.